The minimum Gasteiger partial charge on any atom is -0.507 e. The van der Waals surface area contributed by atoms with Crippen LogP contribution < -0.4 is 19.6 Å². The summed E-state index contributed by atoms with van der Waals surface area (Å²) in [6.45, 7) is 2.34. The molecule has 0 atom stereocenters. The lowest BCUT2D eigenvalue weighted by Gasteiger charge is -2.10. The van der Waals surface area contributed by atoms with Crippen LogP contribution in [0.4, 0.5) is 0 Å². The summed E-state index contributed by atoms with van der Waals surface area (Å²) in [5.74, 6) is 2.08. The first-order valence-corrected chi connectivity index (χ1v) is 7.44. The Labute approximate surface area is 141 Å². The molecule has 0 bridgehead atoms. The minimum absolute atomic E-state index is 0.128. The van der Waals surface area contributed by atoms with Gasteiger partial charge in [0.05, 0.1) is 33.6 Å². The molecule has 0 saturated heterocycles. The van der Waals surface area contributed by atoms with E-state index in [0.29, 0.717) is 35.1 Å². The fraction of sp³-hybridized carbons (Fsp3) is 0.278. The van der Waals surface area contributed by atoms with Gasteiger partial charge in [-0.3, -0.25) is 0 Å². The number of hydrogen-bond acceptors (Lipinski definition) is 6. The molecule has 2 aromatic rings. The first-order valence-electron chi connectivity index (χ1n) is 7.44. The van der Waals surface area contributed by atoms with Gasteiger partial charge in [0, 0.05) is 11.6 Å². The molecule has 0 aliphatic rings. The number of aromatic hydroxyl groups is 1. The van der Waals surface area contributed by atoms with Crippen LogP contribution in [0.2, 0.25) is 0 Å². The van der Waals surface area contributed by atoms with Gasteiger partial charge in [-0.25, -0.2) is 0 Å². The van der Waals surface area contributed by atoms with Crippen LogP contribution in [0.25, 0.3) is 0 Å². The Morgan fingerprint density at radius 2 is 1.75 bits per heavy atom. The average molecular weight is 330 g/mol. The highest BCUT2D eigenvalue weighted by Crippen LogP contribution is 2.27. The molecule has 0 unspecified atom stereocenters. The second-order valence-corrected chi connectivity index (χ2v) is 5.10. The van der Waals surface area contributed by atoms with Crippen molar-refractivity contribution < 1.29 is 19.3 Å². The third-order valence-corrected chi connectivity index (χ3v) is 3.57. The van der Waals surface area contributed by atoms with Crippen LogP contribution in [0, 0.1) is 0 Å². The van der Waals surface area contributed by atoms with Crippen molar-refractivity contribution in [2.75, 3.05) is 21.3 Å². The van der Waals surface area contributed by atoms with E-state index < -0.39 is 0 Å². The van der Waals surface area contributed by atoms with Gasteiger partial charge in [0.1, 0.15) is 11.5 Å². The van der Waals surface area contributed by atoms with Crippen molar-refractivity contribution in [1.29, 1.82) is 0 Å². The predicted octanol–water partition coefficient (Wildman–Crippen LogP) is 2.93. The van der Waals surface area contributed by atoms with Crippen molar-refractivity contribution in [2.45, 2.75) is 13.5 Å². The van der Waals surface area contributed by atoms with Crippen molar-refractivity contribution in [2.24, 2.45) is 5.10 Å². The van der Waals surface area contributed by atoms with Gasteiger partial charge in [0.2, 0.25) is 0 Å². The molecule has 2 rings (SSSR count). The van der Waals surface area contributed by atoms with Crippen molar-refractivity contribution in [3.63, 3.8) is 0 Å². The highest BCUT2D eigenvalue weighted by molar-refractivity contribution is 6.01. The molecule has 0 aliphatic heterocycles. The van der Waals surface area contributed by atoms with Gasteiger partial charge in [0.25, 0.3) is 0 Å². The summed E-state index contributed by atoms with van der Waals surface area (Å²) in [7, 11) is 4.76. The predicted molar refractivity (Wildman–Crippen MR) is 93.3 cm³/mol. The first-order chi connectivity index (χ1) is 11.6. The van der Waals surface area contributed by atoms with E-state index in [0.717, 1.165) is 5.56 Å². The van der Waals surface area contributed by atoms with E-state index in [-0.39, 0.29) is 5.75 Å². The summed E-state index contributed by atoms with van der Waals surface area (Å²) in [6.07, 6.45) is 0. The number of methoxy groups -OCH3 is 3. The molecule has 24 heavy (non-hydrogen) atoms. The first kappa shape index (κ1) is 17.5. The monoisotopic (exact) mass is 330 g/mol. The number of ether oxygens (including phenoxy) is 3. The molecular formula is C18H22N2O4. The van der Waals surface area contributed by atoms with Crippen LogP contribution in [0.3, 0.4) is 0 Å². The zero-order chi connectivity index (χ0) is 17.5. The molecule has 0 fully saturated rings. The Bertz CT molecular complexity index is 729. The van der Waals surface area contributed by atoms with E-state index in [4.69, 9.17) is 14.2 Å². The Morgan fingerprint density at radius 3 is 2.38 bits per heavy atom. The van der Waals surface area contributed by atoms with Crippen LogP contribution in [0.15, 0.2) is 41.5 Å². The second-order valence-electron chi connectivity index (χ2n) is 5.10. The van der Waals surface area contributed by atoms with E-state index in [9.17, 15) is 5.11 Å². The Hall–Kier alpha value is -2.89. The summed E-state index contributed by atoms with van der Waals surface area (Å²) < 4.78 is 15.6. The van der Waals surface area contributed by atoms with E-state index in [1.165, 1.54) is 0 Å². The molecule has 2 N–H and O–H groups in total. The Balaban J connectivity index is 2.05. The number of nitrogens with zero attached hydrogens (tertiary/aromatic N) is 1. The Kier molecular flexibility index (Phi) is 5.89. The fourth-order valence-corrected chi connectivity index (χ4v) is 2.24. The largest absolute Gasteiger partial charge is 0.507 e. The highest BCUT2D eigenvalue weighted by atomic mass is 16.5. The summed E-state index contributed by atoms with van der Waals surface area (Å²) in [5, 5.41) is 14.3. The van der Waals surface area contributed by atoms with Gasteiger partial charge >= 0.3 is 0 Å². The van der Waals surface area contributed by atoms with Gasteiger partial charge in [-0.2, -0.15) is 5.10 Å². The molecular weight excluding hydrogens is 308 g/mol. The molecule has 0 heterocycles. The molecule has 128 valence electrons. The van der Waals surface area contributed by atoms with Crippen molar-refractivity contribution in [3.05, 3.63) is 47.5 Å². The summed E-state index contributed by atoms with van der Waals surface area (Å²) in [6, 6.07) is 10.8. The van der Waals surface area contributed by atoms with Gasteiger partial charge < -0.3 is 24.7 Å². The van der Waals surface area contributed by atoms with Crippen LogP contribution in [0.1, 0.15) is 18.1 Å². The lowest BCUT2D eigenvalue weighted by molar-refractivity contribution is 0.354. The maximum Gasteiger partial charge on any atom is 0.161 e. The van der Waals surface area contributed by atoms with Gasteiger partial charge in [-0.1, -0.05) is 6.07 Å². The zero-order valence-electron chi connectivity index (χ0n) is 14.3. The second kappa shape index (κ2) is 8.10. The van der Waals surface area contributed by atoms with E-state index in [2.05, 4.69) is 10.5 Å². The summed E-state index contributed by atoms with van der Waals surface area (Å²) in [4.78, 5) is 0. The van der Waals surface area contributed by atoms with Crippen molar-refractivity contribution in [1.82, 2.24) is 5.43 Å². The number of phenolic OH excluding ortho intramolecular Hbond substituents is 1. The van der Waals surface area contributed by atoms with Crippen LogP contribution >= 0.6 is 0 Å². The number of benzene rings is 2. The summed E-state index contributed by atoms with van der Waals surface area (Å²) >= 11 is 0. The lowest BCUT2D eigenvalue weighted by Crippen LogP contribution is -2.09. The molecule has 6 heteroatoms. The van der Waals surface area contributed by atoms with E-state index >= 15 is 0 Å². The molecule has 0 aliphatic carbocycles. The molecule has 2 aromatic carbocycles. The number of hydrogen-bond donors (Lipinski definition) is 2. The maximum absolute atomic E-state index is 10.0. The molecule has 6 nitrogen and oxygen atoms in total. The van der Waals surface area contributed by atoms with Crippen LogP contribution in [-0.4, -0.2) is 32.1 Å². The zero-order valence-corrected chi connectivity index (χ0v) is 14.3. The topological polar surface area (TPSA) is 72.3 Å². The molecule has 0 aromatic heterocycles. The van der Waals surface area contributed by atoms with Crippen molar-refractivity contribution >= 4 is 5.71 Å². The lowest BCUT2D eigenvalue weighted by atomic mass is 10.1. The number of nitrogens with one attached hydrogen (secondary N) is 1. The SMILES string of the molecule is COc1ccc(/C(C)=N\NCc2ccc(OC)c(OC)c2)c(O)c1. The summed E-state index contributed by atoms with van der Waals surface area (Å²) in [5.41, 5.74) is 5.32. The Morgan fingerprint density at radius 1 is 1.00 bits per heavy atom. The van der Waals surface area contributed by atoms with E-state index in [1.807, 2.05) is 25.1 Å². The smallest absolute Gasteiger partial charge is 0.161 e. The third kappa shape index (κ3) is 4.10. The average Bonchev–Trinajstić information content (AvgIpc) is 2.61. The normalized spacial score (nSPS) is 11.1. The molecule has 0 radical (unpaired) electrons. The standard InChI is InChI=1S/C18H22N2O4/c1-12(15-7-6-14(22-2)10-16(15)21)20-19-11-13-5-8-17(23-3)18(9-13)24-4/h5-10,19,21H,11H2,1-4H3/b20-12-. The number of rotatable bonds is 7. The quantitative estimate of drug-likeness (QED) is 0.603. The third-order valence-electron chi connectivity index (χ3n) is 3.57. The molecule has 0 amide bonds. The fourth-order valence-electron chi connectivity index (χ4n) is 2.24. The van der Waals surface area contributed by atoms with Crippen LogP contribution in [-0.2, 0) is 6.54 Å². The van der Waals surface area contributed by atoms with E-state index in [1.54, 1.807) is 39.5 Å². The van der Waals surface area contributed by atoms with Gasteiger partial charge in [-0.05, 0) is 36.8 Å². The maximum atomic E-state index is 10.0. The van der Waals surface area contributed by atoms with Gasteiger partial charge in [0.15, 0.2) is 11.5 Å². The molecule has 0 spiro atoms. The van der Waals surface area contributed by atoms with Gasteiger partial charge in [-0.15, -0.1) is 0 Å². The molecule has 0 saturated carbocycles. The van der Waals surface area contributed by atoms with Crippen LogP contribution in [0.5, 0.6) is 23.0 Å². The number of hydrazone groups is 1. The minimum atomic E-state index is 0.128. The highest BCUT2D eigenvalue weighted by Gasteiger charge is 2.07. The van der Waals surface area contributed by atoms with Crippen molar-refractivity contribution in [3.8, 4) is 23.0 Å². The number of phenols is 1.